The highest BCUT2D eigenvalue weighted by molar-refractivity contribution is 5.62. The highest BCUT2D eigenvalue weighted by Crippen LogP contribution is 1.91. The molecule has 0 aromatic heterocycles. The first-order chi connectivity index (χ1) is 4.63. The third kappa shape index (κ3) is 7.43. The van der Waals surface area contributed by atoms with Crippen LogP contribution in [-0.4, -0.2) is 18.9 Å². The molecule has 10 heavy (non-hydrogen) atoms. The Bertz CT molecular complexity index is 99.8. The Morgan fingerprint density at radius 2 is 2.10 bits per heavy atom. The molecular weight excluding hydrogens is 128 g/mol. The van der Waals surface area contributed by atoms with Crippen molar-refractivity contribution >= 4 is 6.21 Å². The zero-order chi connectivity index (χ0) is 7.98. The van der Waals surface area contributed by atoms with E-state index in [0.717, 1.165) is 0 Å². The molecule has 1 unspecified atom stereocenters. The fourth-order valence-electron chi connectivity index (χ4n) is 0.331. The third-order valence-electron chi connectivity index (χ3n) is 0.778. The normalized spacial score (nSPS) is 14.5. The molecule has 0 amide bonds. The van der Waals surface area contributed by atoms with Crippen molar-refractivity contribution in [1.29, 1.82) is 0 Å². The molecule has 3 nitrogen and oxygen atoms in total. The van der Waals surface area contributed by atoms with Crippen molar-refractivity contribution in [2.45, 2.75) is 26.8 Å². The van der Waals surface area contributed by atoms with E-state index < -0.39 is 0 Å². The molecule has 0 aliphatic carbocycles. The van der Waals surface area contributed by atoms with E-state index in [1.165, 1.54) is 0 Å². The molecule has 0 saturated heterocycles. The Kier molecular flexibility index (Phi) is 4.94. The fourth-order valence-corrected chi connectivity index (χ4v) is 0.331. The van der Waals surface area contributed by atoms with Gasteiger partial charge < -0.3 is 10.6 Å². The summed E-state index contributed by atoms with van der Waals surface area (Å²) in [4.78, 5) is 4.90. The molecule has 0 saturated carbocycles. The summed E-state index contributed by atoms with van der Waals surface area (Å²) in [7, 11) is 0. The summed E-state index contributed by atoms with van der Waals surface area (Å²) in [6, 6.07) is -0.0211. The molecule has 1 atom stereocenters. The zero-order valence-electron chi connectivity index (χ0n) is 6.87. The maximum absolute atomic E-state index is 5.38. The van der Waals surface area contributed by atoms with Crippen molar-refractivity contribution in [2.24, 2.45) is 16.8 Å². The van der Waals surface area contributed by atoms with Crippen LogP contribution in [0.3, 0.4) is 0 Å². The van der Waals surface area contributed by atoms with Gasteiger partial charge in [0.15, 0.2) is 0 Å². The van der Waals surface area contributed by atoms with E-state index in [-0.39, 0.29) is 6.04 Å². The smallest absolute Gasteiger partial charge is 0.119 e. The average molecular weight is 144 g/mol. The van der Waals surface area contributed by atoms with Crippen molar-refractivity contribution in [3.05, 3.63) is 0 Å². The molecule has 0 aliphatic heterocycles. The Morgan fingerprint density at radius 3 is 2.50 bits per heavy atom. The van der Waals surface area contributed by atoms with E-state index in [1.54, 1.807) is 6.21 Å². The molecule has 0 rings (SSSR count). The van der Waals surface area contributed by atoms with Crippen LogP contribution >= 0.6 is 0 Å². The van der Waals surface area contributed by atoms with Gasteiger partial charge in [-0.25, -0.2) is 0 Å². The van der Waals surface area contributed by atoms with Gasteiger partial charge in [-0.3, -0.25) is 0 Å². The van der Waals surface area contributed by atoms with Crippen LogP contribution in [0, 0.1) is 5.92 Å². The molecule has 0 aromatic carbocycles. The van der Waals surface area contributed by atoms with E-state index >= 15 is 0 Å². The largest absolute Gasteiger partial charge is 0.396 e. The van der Waals surface area contributed by atoms with Crippen LogP contribution in [0.2, 0.25) is 0 Å². The number of oxime groups is 1. The van der Waals surface area contributed by atoms with Gasteiger partial charge in [0.1, 0.15) is 6.61 Å². The molecule has 0 aliphatic rings. The molecular formula is C7H16N2O. The van der Waals surface area contributed by atoms with Crippen LogP contribution in [0.4, 0.5) is 0 Å². The van der Waals surface area contributed by atoms with E-state index in [1.807, 2.05) is 6.92 Å². The predicted octanol–water partition coefficient (Wildman–Crippen LogP) is 0.992. The van der Waals surface area contributed by atoms with E-state index in [9.17, 15) is 0 Å². The molecule has 0 fully saturated rings. The van der Waals surface area contributed by atoms with Gasteiger partial charge in [-0.05, 0) is 12.8 Å². The molecule has 2 N–H and O–H groups in total. The van der Waals surface area contributed by atoms with Gasteiger partial charge in [0, 0.05) is 6.04 Å². The monoisotopic (exact) mass is 144 g/mol. The fraction of sp³-hybridized carbons (Fsp3) is 0.857. The van der Waals surface area contributed by atoms with Gasteiger partial charge in [-0.15, -0.1) is 0 Å². The minimum absolute atomic E-state index is 0.0211. The van der Waals surface area contributed by atoms with Crippen molar-refractivity contribution in [1.82, 2.24) is 0 Å². The molecule has 3 heteroatoms. The van der Waals surface area contributed by atoms with Crippen LogP contribution < -0.4 is 5.73 Å². The van der Waals surface area contributed by atoms with Gasteiger partial charge >= 0.3 is 0 Å². The second-order valence-electron chi connectivity index (χ2n) is 2.80. The Labute approximate surface area is 62.2 Å². The second kappa shape index (κ2) is 5.23. The summed E-state index contributed by atoms with van der Waals surface area (Å²) in [6.07, 6.45) is 1.59. The van der Waals surface area contributed by atoms with Gasteiger partial charge in [0.2, 0.25) is 0 Å². The quantitative estimate of drug-likeness (QED) is 0.472. The van der Waals surface area contributed by atoms with E-state index in [4.69, 9.17) is 10.6 Å². The van der Waals surface area contributed by atoms with Gasteiger partial charge in [0.25, 0.3) is 0 Å². The minimum atomic E-state index is -0.0211. The lowest BCUT2D eigenvalue weighted by atomic mass is 10.2. The van der Waals surface area contributed by atoms with Gasteiger partial charge in [0.05, 0.1) is 6.21 Å². The summed E-state index contributed by atoms with van der Waals surface area (Å²) < 4.78 is 0. The predicted molar refractivity (Wildman–Crippen MR) is 42.9 cm³/mol. The lowest BCUT2D eigenvalue weighted by Crippen LogP contribution is -2.16. The third-order valence-corrected chi connectivity index (χ3v) is 0.778. The first kappa shape index (κ1) is 9.43. The Balaban J connectivity index is 3.19. The van der Waals surface area contributed by atoms with Crippen LogP contribution in [0.5, 0.6) is 0 Å². The molecule has 60 valence electrons. The number of hydrogen-bond acceptors (Lipinski definition) is 3. The molecule has 0 bridgehead atoms. The van der Waals surface area contributed by atoms with Crippen LogP contribution in [0.15, 0.2) is 5.16 Å². The number of rotatable bonds is 4. The van der Waals surface area contributed by atoms with Crippen molar-refractivity contribution in [3.8, 4) is 0 Å². The van der Waals surface area contributed by atoms with Crippen LogP contribution in [-0.2, 0) is 4.84 Å². The first-order valence-corrected chi connectivity index (χ1v) is 3.54. The van der Waals surface area contributed by atoms with Gasteiger partial charge in [-0.1, -0.05) is 19.0 Å². The standard InChI is InChI=1S/C7H16N2O/c1-6(2)5-10-9-4-7(3)8/h4,6-7H,5,8H2,1-3H3. The summed E-state index contributed by atoms with van der Waals surface area (Å²) in [5, 5.41) is 3.66. The molecule has 0 aromatic rings. The summed E-state index contributed by atoms with van der Waals surface area (Å²) in [5.41, 5.74) is 5.38. The van der Waals surface area contributed by atoms with Crippen molar-refractivity contribution in [3.63, 3.8) is 0 Å². The lowest BCUT2D eigenvalue weighted by molar-refractivity contribution is 0.119. The first-order valence-electron chi connectivity index (χ1n) is 3.54. The van der Waals surface area contributed by atoms with Crippen molar-refractivity contribution in [2.75, 3.05) is 6.61 Å². The lowest BCUT2D eigenvalue weighted by Gasteiger charge is -2.01. The van der Waals surface area contributed by atoms with Crippen LogP contribution in [0.1, 0.15) is 20.8 Å². The molecule has 0 radical (unpaired) electrons. The van der Waals surface area contributed by atoms with E-state index in [2.05, 4.69) is 19.0 Å². The highest BCUT2D eigenvalue weighted by atomic mass is 16.6. The van der Waals surface area contributed by atoms with E-state index in [0.29, 0.717) is 12.5 Å². The summed E-state index contributed by atoms with van der Waals surface area (Å²) in [6.45, 7) is 6.65. The van der Waals surface area contributed by atoms with Crippen LogP contribution in [0.25, 0.3) is 0 Å². The minimum Gasteiger partial charge on any atom is -0.396 e. The summed E-state index contributed by atoms with van der Waals surface area (Å²) in [5.74, 6) is 0.519. The number of nitrogens with zero attached hydrogens (tertiary/aromatic N) is 1. The van der Waals surface area contributed by atoms with Gasteiger partial charge in [-0.2, -0.15) is 0 Å². The number of nitrogens with two attached hydrogens (primary N) is 1. The summed E-state index contributed by atoms with van der Waals surface area (Å²) >= 11 is 0. The molecule has 0 heterocycles. The highest BCUT2D eigenvalue weighted by Gasteiger charge is 1.90. The Morgan fingerprint density at radius 1 is 1.50 bits per heavy atom. The average Bonchev–Trinajstić information content (AvgIpc) is 1.79. The zero-order valence-corrected chi connectivity index (χ0v) is 6.87. The second-order valence-corrected chi connectivity index (χ2v) is 2.80. The maximum atomic E-state index is 5.38. The number of hydrogen-bond donors (Lipinski definition) is 1. The SMILES string of the molecule is CC(N)C=NOCC(C)C. The topological polar surface area (TPSA) is 47.6 Å². The van der Waals surface area contributed by atoms with Crippen molar-refractivity contribution < 1.29 is 4.84 Å². The maximum Gasteiger partial charge on any atom is 0.119 e. The Hall–Kier alpha value is -0.570. The molecule has 0 spiro atoms.